The van der Waals surface area contributed by atoms with Gasteiger partial charge in [0, 0.05) is 82.3 Å². The van der Waals surface area contributed by atoms with Gasteiger partial charge in [-0.2, -0.15) is 4.98 Å². The zero-order valence-corrected chi connectivity index (χ0v) is 33.6. The van der Waals surface area contributed by atoms with Gasteiger partial charge in [0.2, 0.25) is 23.7 Å². The van der Waals surface area contributed by atoms with E-state index in [1.807, 2.05) is 4.90 Å². The number of likely N-dealkylation sites (N-methyl/N-ethyl adjacent to an activating group) is 1. The van der Waals surface area contributed by atoms with Gasteiger partial charge in [-0.3, -0.25) is 34.2 Å². The number of piperidine rings is 1. The number of fused-ring (bicyclic) bond motifs is 2. The molecule has 0 saturated carbocycles. The molecule has 0 radical (unpaired) electrons. The number of rotatable bonds is 14. The van der Waals surface area contributed by atoms with Crippen LogP contribution in [0.15, 0.2) is 42.5 Å². The number of carbonyl (C=O) groups is 6. The molecule has 1 atom stereocenters. The van der Waals surface area contributed by atoms with Gasteiger partial charge in [0.1, 0.15) is 28.9 Å². The number of aromatic hydroxyl groups is 1. The number of urea groups is 1. The molecule has 6 N–H and O–H groups in total. The number of halogens is 3. The highest BCUT2D eigenvalue weighted by Gasteiger charge is 2.45. The molecule has 4 heterocycles. The van der Waals surface area contributed by atoms with E-state index in [-0.39, 0.29) is 115 Å². The van der Waals surface area contributed by atoms with Crippen molar-refractivity contribution in [1.82, 2.24) is 30.0 Å². The molecule has 2 fully saturated rings. The lowest BCUT2D eigenvalue weighted by Gasteiger charge is -2.35. The number of phenols is 1. The Balaban J connectivity index is 0.941. The van der Waals surface area contributed by atoms with E-state index < -0.39 is 58.6 Å². The number of phenolic OH excluding ortho intramolecular Hbond substituents is 1. The van der Waals surface area contributed by atoms with E-state index in [0.29, 0.717) is 18.8 Å². The minimum Gasteiger partial charge on any atom is -0.507 e. The first kappa shape index (κ1) is 42.5. The van der Waals surface area contributed by atoms with Gasteiger partial charge in [0.05, 0.1) is 34.9 Å². The Morgan fingerprint density at radius 3 is 2.46 bits per heavy atom. The minimum absolute atomic E-state index is 0.00870. The van der Waals surface area contributed by atoms with Crippen molar-refractivity contribution in [3.8, 4) is 16.9 Å². The van der Waals surface area contributed by atoms with Crippen molar-refractivity contribution >= 4 is 75.5 Å². The van der Waals surface area contributed by atoms with Crippen molar-refractivity contribution in [1.29, 1.82) is 0 Å². The highest BCUT2D eigenvalue weighted by atomic mass is 35.5. The van der Waals surface area contributed by atoms with E-state index in [1.54, 1.807) is 19.2 Å². The molecule has 3 aliphatic rings. The maximum Gasteiger partial charge on any atom is 0.314 e. The standard InChI is InChI=1S/C40H41ClF2N10O8/c1-50(17-19-61-18-12-45-25-6-2-4-21-30(25)38(59)53(37(21)58)26-8-9-28(55)47-36(26)57)29(56)10-11-46-40-48-34-22(35(49-40)51-13-15-52(16-14-51)39(44)60)20-23(41)31(33(34)43)32-24(42)5-3-7-27(32)54/h2-7,20,26,45,54H,8-19H2,1H3,(H2,44,60)(H,46,48,49)(H,47,55,57). The Bertz CT molecular complexity index is 2430. The second-order valence-electron chi connectivity index (χ2n) is 14.5. The summed E-state index contributed by atoms with van der Waals surface area (Å²) in [5, 5.41) is 18.7. The first-order valence-electron chi connectivity index (χ1n) is 19.4. The highest BCUT2D eigenvalue weighted by Crippen LogP contribution is 2.42. The van der Waals surface area contributed by atoms with Gasteiger partial charge in [0.25, 0.3) is 11.8 Å². The summed E-state index contributed by atoms with van der Waals surface area (Å²) in [5.74, 6) is -4.81. The molecule has 320 valence electrons. The molecule has 1 unspecified atom stereocenters. The zero-order valence-electron chi connectivity index (χ0n) is 32.8. The maximum atomic E-state index is 16.4. The number of nitrogens with one attached hydrogen (secondary N) is 3. The van der Waals surface area contributed by atoms with Crippen molar-refractivity contribution in [3.05, 3.63) is 70.2 Å². The number of anilines is 3. The minimum atomic E-state index is -1.08. The summed E-state index contributed by atoms with van der Waals surface area (Å²) in [4.78, 5) is 89.8. The normalized spacial score (nSPS) is 16.5. The van der Waals surface area contributed by atoms with Crippen LogP contribution in [0.2, 0.25) is 5.02 Å². The lowest BCUT2D eigenvalue weighted by Crippen LogP contribution is -2.54. The molecule has 3 aliphatic heterocycles. The SMILES string of the molecule is CN(CCOCCNc1cccc2c1C(=O)N(C1CCC(=O)NC1=O)C2=O)C(=O)CCNc1nc(N2CCN(C(N)=O)CC2)c2cc(Cl)c(-c3c(O)cccc3F)c(F)c2n1. The van der Waals surface area contributed by atoms with Crippen LogP contribution in [0.5, 0.6) is 5.75 Å². The number of nitrogens with zero attached hydrogens (tertiary/aromatic N) is 6. The third-order valence-electron chi connectivity index (χ3n) is 10.6. The first-order valence-corrected chi connectivity index (χ1v) is 19.7. The van der Waals surface area contributed by atoms with Gasteiger partial charge >= 0.3 is 6.03 Å². The quantitative estimate of drug-likeness (QED) is 0.0908. The number of hydrogen-bond donors (Lipinski definition) is 5. The predicted molar refractivity (Wildman–Crippen MR) is 218 cm³/mol. The van der Waals surface area contributed by atoms with E-state index in [2.05, 4.69) is 25.9 Å². The van der Waals surface area contributed by atoms with Gasteiger partial charge in [-0.1, -0.05) is 23.7 Å². The number of imide groups is 2. The average Bonchev–Trinajstić information content (AvgIpc) is 3.48. The number of hydrogen-bond acceptors (Lipinski definition) is 13. The van der Waals surface area contributed by atoms with Crippen LogP contribution in [-0.4, -0.2) is 137 Å². The lowest BCUT2D eigenvalue weighted by molar-refractivity contribution is -0.136. The largest absolute Gasteiger partial charge is 0.507 e. The molecule has 1 aromatic heterocycles. The molecule has 0 spiro atoms. The fourth-order valence-electron chi connectivity index (χ4n) is 7.45. The summed E-state index contributed by atoms with van der Waals surface area (Å²) < 4.78 is 37.0. The molecule has 0 bridgehead atoms. The summed E-state index contributed by atoms with van der Waals surface area (Å²) >= 11 is 6.53. The van der Waals surface area contributed by atoms with E-state index in [9.17, 15) is 38.3 Å². The van der Waals surface area contributed by atoms with E-state index in [0.717, 1.165) is 11.0 Å². The number of primary amides is 1. The number of aromatic nitrogens is 2. The predicted octanol–water partition coefficient (Wildman–Crippen LogP) is 2.92. The highest BCUT2D eigenvalue weighted by molar-refractivity contribution is 6.34. The van der Waals surface area contributed by atoms with Crippen LogP contribution in [0, 0.1) is 11.6 Å². The summed E-state index contributed by atoms with van der Waals surface area (Å²) in [6.45, 7) is 2.03. The van der Waals surface area contributed by atoms with Crippen LogP contribution in [-0.2, 0) is 19.1 Å². The van der Waals surface area contributed by atoms with Crippen LogP contribution in [0.1, 0.15) is 40.0 Å². The fourth-order valence-corrected chi connectivity index (χ4v) is 7.74. The van der Waals surface area contributed by atoms with Gasteiger partial charge < -0.3 is 40.9 Å². The molecule has 4 aromatic rings. The molecule has 18 nitrogen and oxygen atoms in total. The van der Waals surface area contributed by atoms with Gasteiger partial charge in [-0.25, -0.2) is 18.6 Å². The van der Waals surface area contributed by atoms with Crippen LogP contribution < -0.4 is 26.6 Å². The number of piperazine rings is 1. The third kappa shape index (κ3) is 8.67. The van der Waals surface area contributed by atoms with Gasteiger partial charge in [-0.15, -0.1) is 0 Å². The average molecular weight is 863 g/mol. The maximum absolute atomic E-state index is 16.4. The summed E-state index contributed by atoms with van der Waals surface area (Å²) in [5.41, 5.74) is 5.09. The molecular weight excluding hydrogens is 822 g/mol. The number of carbonyl (C=O) groups excluding carboxylic acids is 6. The fraction of sp³-hybridized carbons (Fsp3) is 0.350. The number of ether oxygens (including phenoxy) is 1. The Morgan fingerprint density at radius 2 is 1.74 bits per heavy atom. The third-order valence-corrected chi connectivity index (χ3v) is 10.9. The molecule has 2 saturated heterocycles. The second-order valence-corrected chi connectivity index (χ2v) is 14.9. The van der Waals surface area contributed by atoms with E-state index in [1.165, 1.54) is 34.1 Å². The van der Waals surface area contributed by atoms with Crippen molar-refractivity contribution in [2.24, 2.45) is 5.73 Å². The van der Waals surface area contributed by atoms with Crippen LogP contribution in [0.3, 0.4) is 0 Å². The van der Waals surface area contributed by atoms with Crippen molar-refractivity contribution in [2.45, 2.75) is 25.3 Å². The number of amides is 7. The number of benzene rings is 3. The lowest BCUT2D eigenvalue weighted by atomic mass is 10.0. The van der Waals surface area contributed by atoms with Gasteiger partial charge in [0.15, 0.2) is 5.82 Å². The van der Waals surface area contributed by atoms with Crippen molar-refractivity contribution < 1.29 is 47.4 Å². The Morgan fingerprint density at radius 1 is 0.984 bits per heavy atom. The van der Waals surface area contributed by atoms with Crippen LogP contribution in [0.25, 0.3) is 22.0 Å². The number of nitrogens with two attached hydrogens (primary N) is 1. The first-order chi connectivity index (χ1) is 29.2. The molecule has 7 rings (SSSR count). The smallest absolute Gasteiger partial charge is 0.314 e. The summed E-state index contributed by atoms with van der Waals surface area (Å²) in [7, 11) is 1.60. The molecule has 21 heteroatoms. The monoisotopic (exact) mass is 862 g/mol. The van der Waals surface area contributed by atoms with Crippen LogP contribution >= 0.6 is 11.6 Å². The molecule has 61 heavy (non-hydrogen) atoms. The van der Waals surface area contributed by atoms with Crippen molar-refractivity contribution in [2.75, 3.05) is 81.6 Å². The van der Waals surface area contributed by atoms with E-state index in [4.69, 9.17) is 22.1 Å². The van der Waals surface area contributed by atoms with Crippen molar-refractivity contribution in [3.63, 3.8) is 0 Å². The zero-order chi connectivity index (χ0) is 43.5. The topological polar surface area (TPSA) is 233 Å². The van der Waals surface area contributed by atoms with Crippen LogP contribution in [0.4, 0.5) is 31.0 Å². The Hall–Kier alpha value is -6.67. The molecular formula is C40H41ClF2N10O8. The Kier molecular flexibility index (Phi) is 12.5. The Labute approximate surface area is 351 Å². The van der Waals surface area contributed by atoms with Gasteiger partial charge in [-0.05, 0) is 36.8 Å². The molecule has 0 aliphatic carbocycles. The second kappa shape index (κ2) is 17.9. The summed E-state index contributed by atoms with van der Waals surface area (Å²) in [6.07, 6.45) is 0.0512. The van der Waals surface area contributed by atoms with E-state index >= 15 is 4.39 Å². The molecule has 7 amide bonds. The molecule has 3 aromatic carbocycles. The summed E-state index contributed by atoms with van der Waals surface area (Å²) in [6, 6.07) is 8.03.